The number of hydrogen-bond donors (Lipinski definition) is 1. The van der Waals surface area contributed by atoms with Gasteiger partial charge in [0.05, 0.1) is 19.2 Å². The summed E-state index contributed by atoms with van der Waals surface area (Å²) in [6.07, 6.45) is 5.84. The number of aromatic amines is 1. The number of aromatic nitrogens is 3. The molecule has 0 spiro atoms. The fraction of sp³-hybridized carbons (Fsp3) is 0.300. The summed E-state index contributed by atoms with van der Waals surface area (Å²) in [7, 11) is 1.49. The fourth-order valence-electron chi connectivity index (χ4n) is 3.43. The summed E-state index contributed by atoms with van der Waals surface area (Å²) in [5.41, 5.74) is 1.22. The molecule has 144 valence electrons. The van der Waals surface area contributed by atoms with Crippen molar-refractivity contribution in [2.24, 2.45) is 0 Å². The predicted molar refractivity (Wildman–Crippen MR) is 101 cm³/mol. The molecule has 1 N–H and O–H groups in total. The standard InChI is InChI=1S/C20H20N4O4/c1-27-18-19(22-9-8-21-18)28-13-5-4-10-24(12-13)20(26)17(25)15-11-23-16-7-3-2-6-14(15)16/h2-3,6-9,11,13,23H,4-5,10,12H2,1H3. The van der Waals surface area contributed by atoms with Gasteiger partial charge in [0.25, 0.3) is 23.5 Å². The third-order valence-electron chi connectivity index (χ3n) is 4.80. The van der Waals surface area contributed by atoms with Gasteiger partial charge in [-0.15, -0.1) is 0 Å². The van der Waals surface area contributed by atoms with Gasteiger partial charge in [-0.25, -0.2) is 9.97 Å². The number of hydrogen-bond acceptors (Lipinski definition) is 6. The number of amides is 1. The molecule has 8 nitrogen and oxygen atoms in total. The Morgan fingerprint density at radius 1 is 1.18 bits per heavy atom. The van der Waals surface area contributed by atoms with E-state index in [0.717, 1.165) is 23.7 Å². The molecule has 8 heteroatoms. The van der Waals surface area contributed by atoms with Gasteiger partial charge in [-0.3, -0.25) is 9.59 Å². The lowest BCUT2D eigenvalue weighted by molar-refractivity contribution is -0.129. The van der Waals surface area contributed by atoms with Crippen LogP contribution in [0.3, 0.4) is 0 Å². The number of nitrogens with zero attached hydrogens (tertiary/aromatic N) is 3. The first-order chi connectivity index (χ1) is 13.7. The van der Waals surface area contributed by atoms with E-state index in [1.807, 2.05) is 24.3 Å². The zero-order valence-corrected chi connectivity index (χ0v) is 15.4. The second kappa shape index (κ2) is 7.67. The zero-order chi connectivity index (χ0) is 19.5. The summed E-state index contributed by atoms with van der Waals surface area (Å²) >= 11 is 0. The summed E-state index contributed by atoms with van der Waals surface area (Å²) in [5, 5.41) is 0.745. The number of fused-ring (bicyclic) bond motifs is 1. The Morgan fingerprint density at radius 2 is 1.96 bits per heavy atom. The highest BCUT2D eigenvalue weighted by atomic mass is 16.5. The number of ketones is 1. The number of piperidine rings is 1. The highest BCUT2D eigenvalue weighted by Crippen LogP contribution is 2.25. The van der Waals surface area contributed by atoms with Crippen molar-refractivity contribution in [2.75, 3.05) is 20.2 Å². The van der Waals surface area contributed by atoms with Crippen LogP contribution >= 0.6 is 0 Å². The summed E-state index contributed by atoms with van der Waals surface area (Å²) in [5.74, 6) is -0.465. The van der Waals surface area contributed by atoms with Crippen LogP contribution in [0.15, 0.2) is 42.9 Å². The van der Waals surface area contributed by atoms with Crippen LogP contribution in [0.5, 0.6) is 11.8 Å². The average Bonchev–Trinajstić information content (AvgIpc) is 3.17. The van der Waals surface area contributed by atoms with Crippen molar-refractivity contribution in [3.8, 4) is 11.8 Å². The molecular weight excluding hydrogens is 360 g/mol. The molecule has 1 aliphatic rings. The van der Waals surface area contributed by atoms with Crippen LogP contribution in [-0.2, 0) is 4.79 Å². The topological polar surface area (TPSA) is 97.4 Å². The molecule has 0 bridgehead atoms. The number of benzene rings is 1. The van der Waals surface area contributed by atoms with E-state index in [1.165, 1.54) is 19.5 Å². The molecular formula is C20H20N4O4. The van der Waals surface area contributed by atoms with Crippen LogP contribution in [0.25, 0.3) is 10.9 Å². The molecule has 1 saturated heterocycles. The first kappa shape index (κ1) is 18.0. The Morgan fingerprint density at radius 3 is 2.79 bits per heavy atom. The van der Waals surface area contributed by atoms with Gasteiger partial charge >= 0.3 is 0 Å². The number of para-hydroxylation sites is 1. The Bertz CT molecular complexity index is 1020. The number of methoxy groups -OCH3 is 1. The Labute approximate surface area is 161 Å². The van der Waals surface area contributed by atoms with Gasteiger partial charge in [0.1, 0.15) is 6.10 Å². The Balaban J connectivity index is 1.48. The number of carbonyl (C=O) groups excluding carboxylic acids is 2. The van der Waals surface area contributed by atoms with Crippen molar-refractivity contribution < 1.29 is 19.1 Å². The molecule has 0 saturated carbocycles. The maximum Gasteiger partial charge on any atom is 0.295 e. The smallest absolute Gasteiger partial charge is 0.295 e. The molecule has 1 fully saturated rings. The summed E-state index contributed by atoms with van der Waals surface area (Å²) in [6, 6.07) is 7.42. The van der Waals surface area contributed by atoms with Gasteiger partial charge in [-0.05, 0) is 18.9 Å². The van der Waals surface area contributed by atoms with Crippen molar-refractivity contribution in [1.82, 2.24) is 19.9 Å². The minimum absolute atomic E-state index is 0.279. The SMILES string of the molecule is COc1nccnc1OC1CCCN(C(=O)C(=O)c2c[nH]c3ccccc23)C1. The number of rotatable bonds is 5. The molecule has 28 heavy (non-hydrogen) atoms. The molecule has 0 aliphatic carbocycles. The van der Waals surface area contributed by atoms with Gasteiger partial charge in [0, 0.05) is 36.0 Å². The van der Waals surface area contributed by atoms with Crippen molar-refractivity contribution in [2.45, 2.75) is 18.9 Å². The summed E-state index contributed by atoms with van der Waals surface area (Å²) in [4.78, 5) is 38.4. The zero-order valence-electron chi connectivity index (χ0n) is 15.4. The molecule has 2 aromatic heterocycles. The summed E-state index contributed by atoms with van der Waals surface area (Å²) < 4.78 is 11.0. The normalized spacial score (nSPS) is 16.8. The van der Waals surface area contributed by atoms with E-state index < -0.39 is 11.7 Å². The van der Waals surface area contributed by atoms with Gasteiger partial charge in [-0.1, -0.05) is 18.2 Å². The molecule has 1 unspecified atom stereocenters. The maximum absolute atomic E-state index is 12.8. The number of carbonyl (C=O) groups is 2. The molecule has 4 rings (SSSR count). The van der Waals surface area contributed by atoms with E-state index in [1.54, 1.807) is 11.1 Å². The fourth-order valence-corrected chi connectivity index (χ4v) is 3.43. The monoisotopic (exact) mass is 380 g/mol. The van der Waals surface area contributed by atoms with Crippen LogP contribution in [0.1, 0.15) is 23.2 Å². The van der Waals surface area contributed by atoms with Crippen LogP contribution in [0.4, 0.5) is 0 Å². The number of H-pyrrole nitrogens is 1. The third kappa shape index (κ3) is 3.40. The summed E-state index contributed by atoms with van der Waals surface area (Å²) in [6.45, 7) is 0.830. The highest BCUT2D eigenvalue weighted by Gasteiger charge is 2.31. The predicted octanol–water partition coefficient (Wildman–Crippen LogP) is 2.22. The van der Waals surface area contributed by atoms with Crippen molar-refractivity contribution in [1.29, 1.82) is 0 Å². The van der Waals surface area contributed by atoms with Crippen molar-refractivity contribution >= 4 is 22.6 Å². The van der Waals surface area contributed by atoms with E-state index in [2.05, 4.69) is 15.0 Å². The number of Topliss-reactive ketones (excluding diaryl/α,β-unsaturated/α-hetero) is 1. The number of nitrogens with one attached hydrogen (secondary N) is 1. The first-order valence-electron chi connectivity index (χ1n) is 9.08. The third-order valence-corrected chi connectivity index (χ3v) is 4.80. The Kier molecular flexibility index (Phi) is 4.92. The van der Waals surface area contributed by atoms with E-state index in [9.17, 15) is 9.59 Å². The number of likely N-dealkylation sites (tertiary alicyclic amines) is 1. The highest BCUT2D eigenvalue weighted by molar-refractivity contribution is 6.44. The molecule has 3 heterocycles. The van der Waals surface area contributed by atoms with E-state index in [-0.39, 0.29) is 12.0 Å². The first-order valence-corrected chi connectivity index (χ1v) is 9.08. The quantitative estimate of drug-likeness (QED) is 0.538. The van der Waals surface area contributed by atoms with Crippen molar-refractivity contribution in [3.05, 3.63) is 48.4 Å². The average molecular weight is 380 g/mol. The van der Waals surface area contributed by atoms with Crippen LogP contribution in [-0.4, -0.2) is 57.8 Å². The Hall–Kier alpha value is -3.42. The molecule has 1 aliphatic heterocycles. The van der Waals surface area contributed by atoms with Gasteiger partial charge in [-0.2, -0.15) is 0 Å². The van der Waals surface area contributed by atoms with Gasteiger partial charge in [0.15, 0.2) is 0 Å². The number of ether oxygens (including phenoxy) is 2. The lowest BCUT2D eigenvalue weighted by Gasteiger charge is -2.32. The van der Waals surface area contributed by atoms with Crippen molar-refractivity contribution in [3.63, 3.8) is 0 Å². The second-order valence-corrected chi connectivity index (χ2v) is 6.58. The molecule has 1 atom stereocenters. The van der Waals surface area contributed by atoms with Crippen LogP contribution in [0, 0.1) is 0 Å². The molecule has 1 amide bonds. The molecule has 3 aromatic rings. The van der Waals surface area contributed by atoms with Gasteiger partial charge in [0.2, 0.25) is 0 Å². The minimum Gasteiger partial charge on any atom is -0.477 e. The lowest BCUT2D eigenvalue weighted by Crippen LogP contribution is -2.47. The molecule has 0 radical (unpaired) electrons. The second-order valence-electron chi connectivity index (χ2n) is 6.58. The largest absolute Gasteiger partial charge is 0.477 e. The lowest BCUT2D eigenvalue weighted by atomic mass is 10.0. The van der Waals surface area contributed by atoms with E-state index in [0.29, 0.717) is 24.5 Å². The van der Waals surface area contributed by atoms with E-state index in [4.69, 9.17) is 9.47 Å². The molecule has 1 aromatic carbocycles. The van der Waals surface area contributed by atoms with Crippen LogP contribution < -0.4 is 9.47 Å². The minimum atomic E-state index is -0.524. The van der Waals surface area contributed by atoms with E-state index >= 15 is 0 Å². The maximum atomic E-state index is 12.8. The van der Waals surface area contributed by atoms with Gasteiger partial charge < -0.3 is 19.4 Å². The van der Waals surface area contributed by atoms with Crippen LogP contribution in [0.2, 0.25) is 0 Å².